The average molecular weight is 478 g/mol. The number of nitriles is 2. The topological polar surface area (TPSA) is 155 Å². The fraction of sp³-hybridized carbons (Fsp3) is 0.500. The molecule has 11 heteroatoms. The van der Waals surface area contributed by atoms with Gasteiger partial charge in [0.25, 0.3) is 0 Å². The number of hydrogen-bond donors (Lipinski definition) is 0. The molecule has 0 atom stereocenters. The minimum Gasteiger partial charge on any atom is -0.465 e. The molecule has 1 amide bonds. The van der Waals surface area contributed by atoms with Gasteiger partial charge >= 0.3 is 11.9 Å². The van der Waals surface area contributed by atoms with E-state index in [0.717, 1.165) is 4.90 Å². The second kappa shape index (κ2) is 13.9. The van der Waals surface area contributed by atoms with Crippen LogP contribution in [-0.4, -0.2) is 63.2 Å². The van der Waals surface area contributed by atoms with Crippen LogP contribution in [0.2, 0.25) is 0 Å². The van der Waals surface area contributed by atoms with Crippen molar-refractivity contribution in [1.82, 2.24) is 4.90 Å². The molecule has 33 heavy (non-hydrogen) atoms. The Labute approximate surface area is 193 Å². The Morgan fingerprint density at radius 1 is 0.939 bits per heavy atom. The summed E-state index contributed by atoms with van der Waals surface area (Å²) >= 11 is 0. The molecule has 0 unspecified atom stereocenters. The van der Waals surface area contributed by atoms with Gasteiger partial charge in [0.2, 0.25) is 5.91 Å². The number of sulfone groups is 1. The van der Waals surface area contributed by atoms with Crippen LogP contribution in [0, 0.1) is 22.7 Å². The third-order valence-electron chi connectivity index (χ3n) is 4.50. The van der Waals surface area contributed by atoms with E-state index in [9.17, 15) is 28.1 Å². The minimum atomic E-state index is -3.79. The Morgan fingerprint density at radius 2 is 1.55 bits per heavy atom. The summed E-state index contributed by atoms with van der Waals surface area (Å²) in [4.78, 5) is 36.8. The van der Waals surface area contributed by atoms with E-state index < -0.39 is 27.7 Å². The molecule has 0 aliphatic carbocycles. The second-order valence-corrected chi connectivity index (χ2v) is 8.97. The summed E-state index contributed by atoms with van der Waals surface area (Å²) < 4.78 is 34.9. The predicted octanol–water partition coefficient (Wildman–Crippen LogP) is 1.72. The van der Waals surface area contributed by atoms with Crippen LogP contribution in [0.1, 0.15) is 50.7 Å². The first kappa shape index (κ1) is 27.6. The zero-order valence-corrected chi connectivity index (χ0v) is 19.5. The first-order valence-electron chi connectivity index (χ1n) is 10.4. The molecular weight excluding hydrogens is 450 g/mol. The van der Waals surface area contributed by atoms with Crippen molar-refractivity contribution in [2.75, 3.05) is 32.1 Å². The number of carbonyl (C=O) groups excluding carboxylic acids is 3. The van der Waals surface area contributed by atoms with Gasteiger partial charge < -0.3 is 14.4 Å². The molecular formula is C22H27N3O7S. The van der Waals surface area contributed by atoms with Crippen molar-refractivity contribution in [2.24, 2.45) is 0 Å². The van der Waals surface area contributed by atoms with Gasteiger partial charge in [-0.05, 0) is 38.8 Å². The molecule has 178 valence electrons. The molecule has 1 aromatic carbocycles. The maximum absolute atomic E-state index is 12.6. The third-order valence-corrected chi connectivity index (χ3v) is 6.34. The zero-order chi connectivity index (χ0) is 24.9. The van der Waals surface area contributed by atoms with Crippen molar-refractivity contribution >= 4 is 27.7 Å². The van der Waals surface area contributed by atoms with Gasteiger partial charge in [-0.15, -0.1) is 0 Å². The van der Waals surface area contributed by atoms with Crippen molar-refractivity contribution < 1.29 is 32.3 Å². The van der Waals surface area contributed by atoms with Crippen LogP contribution < -0.4 is 0 Å². The molecule has 0 aromatic heterocycles. The van der Waals surface area contributed by atoms with Gasteiger partial charge in [0.05, 0.1) is 35.0 Å². The van der Waals surface area contributed by atoms with Crippen molar-refractivity contribution in [1.29, 1.82) is 10.5 Å². The van der Waals surface area contributed by atoms with E-state index in [2.05, 4.69) is 0 Å². The predicted molar refractivity (Wildman–Crippen MR) is 116 cm³/mol. The van der Waals surface area contributed by atoms with Gasteiger partial charge in [0, 0.05) is 6.42 Å². The number of esters is 2. The van der Waals surface area contributed by atoms with Crippen LogP contribution in [-0.2, 0) is 33.7 Å². The maximum Gasteiger partial charge on any atom is 0.325 e. The minimum absolute atomic E-state index is 0.00617. The van der Waals surface area contributed by atoms with Crippen molar-refractivity contribution in [3.8, 4) is 12.1 Å². The van der Waals surface area contributed by atoms with E-state index in [0.29, 0.717) is 12.8 Å². The van der Waals surface area contributed by atoms with Crippen molar-refractivity contribution in [3.63, 3.8) is 0 Å². The normalized spacial score (nSPS) is 10.5. The molecule has 1 aromatic rings. The van der Waals surface area contributed by atoms with E-state index in [1.165, 1.54) is 18.2 Å². The van der Waals surface area contributed by atoms with E-state index in [-0.39, 0.29) is 60.9 Å². The van der Waals surface area contributed by atoms with Gasteiger partial charge in [-0.25, -0.2) is 8.42 Å². The molecule has 0 saturated heterocycles. The smallest absolute Gasteiger partial charge is 0.325 e. The lowest BCUT2D eigenvalue weighted by molar-refractivity contribution is -0.154. The number of unbranched alkanes of at least 4 members (excludes halogenated alkanes) is 2. The summed E-state index contributed by atoms with van der Waals surface area (Å²) in [6, 6.07) is 7.66. The Hall–Kier alpha value is -3.44. The van der Waals surface area contributed by atoms with E-state index in [1.54, 1.807) is 26.0 Å². The van der Waals surface area contributed by atoms with E-state index in [1.807, 2.05) is 0 Å². The van der Waals surface area contributed by atoms with Gasteiger partial charge in [-0.2, -0.15) is 10.5 Å². The second-order valence-electron chi connectivity index (χ2n) is 6.89. The standard InChI is InChI=1S/C22H27N3O7S/c1-3-31-21(27)15-25(16-22(28)32-4-2)20(26)11-6-5-7-12-33(29,30)19-10-8-9-17(13-23)18(19)14-24/h8-10H,3-7,11-12,15-16H2,1-2H3. The lowest BCUT2D eigenvalue weighted by Crippen LogP contribution is -2.40. The summed E-state index contributed by atoms with van der Waals surface area (Å²) in [5.74, 6) is -1.99. The van der Waals surface area contributed by atoms with Gasteiger partial charge in [0.15, 0.2) is 9.84 Å². The lowest BCUT2D eigenvalue weighted by atomic mass is 10.1. The summed E-state index contributed by atoms with van der Waals surface area (Å²) in [6.45, 7) is 2.76. The van der Waals surface area contributed by atoms with Crippen LogP contribution in [0.3, 0.4) is 0 Å². The molecule has 0 aliphatic rings. The number of amides is 1. The average Bonchev–Trinajstić information content (AvgIpc) is 2.77. The zero-order valence-electron chi connectivity index (χ0n) is 18.7. The van der Waals surface area contributed by atoms with Gasteiger partial charge in [-0.1, -0.05) is 12.5 Å². The molecule has 1 rings (SSSR count). The van der Waals surface area contributed by atoms with Gasteiger partial charge in [-0.3, -0.25) is 14.4 Å². The third kappa shape index (κ3) is 8.91. The summed E-state index contributed by atoms with van der Waals surface area (Å²) in [6.07, 6.45) is 0.955. The maximum atomic E-state index is 12.6. The fourth-order valence-electron chi connectivity index (χ4n) is 2.97. The largest absolute Gasteiger partial charge is 0.465 e. The Bertz CT molecular complexity index is 1020. The highest BCUT2D eigenvalue weighted by Gasteiger charge is 2.23. The van der Waals surface area contributed by atoms with Crippen LogP contribution in [0.4, 0.5) is 0 Å². The first-order chi connectivity index (χ1) is 15.7. The molecule has 0 spiro atoms. The molecule has 0 heterocycles. The fourth-order valence-corrected chi connectivity index (χ4v) is 4.53. The highest BCUT2D eigenvalue weighted by Crippen LogP contribution is 2.21. The van der Waals surface area contributed by atoms with Gasteiger partial charge in [0.1, 0.15) is 25.2 Å². The van der Waals surface area contributed by atoms with Crippen LogP contribution in [0.5, 0.6) is 0 Å². The number of ether oxygens (including phenoxy) is 2. The van der Waals surface area contributed by atoms with Crippen molar-refractivity contribution in [3.05, 3.63) is 29.3 Å². The van der Waals surface area contributed by atoms with Crippen molar-refractivity contribution in [2.45, 2.75) is 44.4 Å². The number of hydrogen-bond acceptors (Lipinski definition) is 9. The Morgan fingerprint density at radius 3 is 2.06 bits per heavy atom. The van der Waals surface area contributed by atoms with E-state index >= 15 is 0 Å². The Balaban J connectivity index is 2.66. The van der Waals surface area contributed by atoms with E-state index in [4.69, 9.17) is 14.7 Å². The van der Waals surface area contributed by atoms with Crippen LogP contribution in [0.25, 0.3) is 0 Å². The summed E-state index contributed by atoms with van der Waals surface area (Å²) in [7, 11) is -3.79. The Kier molecular flexibility index (Phi) is 11.6. The molecule has 0 aliphatic heterocycles. The van der Waals surface area contributed by atoms with Crippen LogP contribution >= 0.6 is 0 Å². The quantitative estimate of drug-likeness (QED) is 0.305. The summed E-state index contributed by atoms with van der Waals surface area (Å²) in [5, 5.41) is 18.3. The number of nitrogens with zero attached hydrogens (tertiary/aromatic N) is 3. The highest BCUT2D eigenvalue weighted by atomic mass is 32.2. The monoisotopic (exact) mass is 477 g/mol. The molecule has 0 radical (unpaired) electrons. The molecule has 10 nitrogen and oxygen atoms in total. The summed E-state index contributed by atoms with van der Waals surface area (Å²) in [5.41, 5.74) is -0.184. The molecule has 0 N–H and O–H groups in total. The SMILES string of the molecule is CCOC(=O)CN(CC(=O)OCC)C(=O)CCCCCS(=O)(=O)c1cccc(C#N)c1C#N. The number of carbonyl (C=O) groups is 3. The number of rotatable bonds is 13. The number of benzene rings is 1. The van der Waals surface area contributed by atoms with Crippen LogP contribution in [0.15, 0.2) is 23.1 Å². The molecule has 0 saturated carbocycles. The highest BCUT2D eigenvalue weighted by molar-refractivity contribution is 7.91. The first-order valence-corrected chi connectivity index (χ1v) is 12.1. The molecule has 0 fully saturated rings. The lowest BCUT2D eigenvalue weighted by Gasteiger charge is -2.20. The molecule has 0 bridgehead atoms.